The maximum absolute atomic E-state index is 8.76. The van der Waals surface area contributed by atoms with Crippen molar-refractivity contribution in [2.75, 3.05) is 0 Å². The van der Waals surface area contributed by atoms with Crippen molar-refractivity contribution in [1.29, 1.82) is 0 Å². The van der Waals surface area contributed by atoms with Gasteiger partial charge >= 0.3 is 0 Å². The standard InChI is InChI=1S/C12H13ClN4O2/c1-17-6-8(5-15-17)7-19-10-4-2-3-9(13)11(10)12(14)16-18/h2-6,18H,7H2,1H3,(H2,14,16). The summed E-state index contributed by atoms with van der Waals surface area (Å²) in [5.41, 5.74) is 6.87. The van der Waals surface area contributed by atoms with Crippen molar-refractivity contribution in [2.24, 2.45) is 17.9 Å². The lowest BCUT2D eigenvalue weighted by Crippen LogP contribution is -2.15. The molecule has 1 aromatic carbocycles. The van der Waals surface area contributed by atoms with E-state index in [1.807, 2.05) is 13.2 Å². The van der Waals surface area contributed by atoms with E-state index in [4.69, 9.17) is 27.3 Å². The molecule has 0 saturated heterocycles. The molecule has 19 heavy (non-hydrogen) atoms. The van der Waals surface area contributed by atoms with Crippen LogP contribution < -0.4 is 10.5 Å². The number of hydrogen-bond acceptors (Lipinski definition) is 4. The van der Waals surface area contributed by atoms with Crippen molar-refractivity contribution in [3.05, 3.63) is 46.7 Å². The molecule has 100 valence electrons. The monoisotopic (exact) mass is 280 g/mol. The highest BCUT2D eigenvalue weighted by Crippen LogP contribution is 2.26. The van der Waals surface area contributed by atoms with Crippen molar-refractivity contribution >= 4 is 17.4 Å². The third kappa shape index (κ3) is 2.97. The molecule has 6 nitrogen and oxygen atoms in total. The van der Waals surface area contributed by atoms with Gasteiger partial charge in [-0.05, 0) is 12.1 Å². The lowest BCUT2D eigenvalue weighted by Gasteiger charge is -2.11. The summed E-state index contributed by atoms with van der Waals surface area (Å²) in [5.74, 6) is 0.360. The molecule has 0 radical (unpaired) electrons. The Morgan fingerprint density at radius 2 is 2.37 bits per heavy atom. The maximum Gasteiger partial charge on any atom is 0.175 e. The molecule has 0 spiro atoms. The second-order valence-corrected chi connectivity index (χ2v) is 4.32. The van der Waals surface area contributed by atoms with E-state index in [2.05, 4.69) is 10.3 Å². The summed E-state index contributed by atoms with van der Waals surface area (Å²) in [6.45, 7) is 0.319. The van der Waals surface area contributed by atoms with Crippen molar-refractivity contribution in [3.8, 4) is 5.75 Å². The molecule has 0 unspecified atom stereocenters. The van der Waals surface area contributed by atoms with Crippen LogP contribution in [0, 0.1) is 0 Å². The molecule has 2 aromatic rings. The summed E-state index contributed by atoms with van der Waals surface area (Å²) in [7, 11) is 1.82. The van der Waals surface area contributed by atoms with E-state index in [1.54, 1.807) is 29.1 Å². The van der Waals surface area contributed by atoms with Gasteiger partial charge in [0.1, 0.15) is 12.4 Å². The second kappa shape index (κ2) is 5.62. The molecule has 2 rings (SSSR count). The number of aryl methyl sites for hydroxylation is 1. The fourth-order valence-electron chi connectivity index (χ4n) is 1.63. The lowest BCUT2D eigenvalue weighted by molar-refractivity contribution is 0.303. The number of amidine groups is 1. The van der Waals surface area contributed by atoms with Gasteiger partial charge in [0.05, 0.1) is 16.8 Å². The quantitative estimate of drug-likeness (QED) is 0.387. The highest BCUT2D eigenvalue weighted by molar-refractivity contribution is 6.34. The molecule has 0 amide bonds. The zero-order chi connectivity index (χ0) is 13.8. The molecule has 1 aromatic heterocycles. The molecule has 3 N–H and O–H groups in total. The van der Waals surface area contributed by atoms with Crippen LogP contribution in [-0.4, -0.2) is 20.8 Å². The third-order valence-corrected chi connectivity index (χ3v) is 2.81. The molecule has 0 saturated carbocycles. The fraction of sp³-hybridized carbons (Fsp3) is 0.167. The third-order valence-electron chi connectivity index (χ3n) is 2.49. The van der Waals surface area contributed by atoms with Gasteiger partial charge in [-0.1, -0.05) is 22.8 Å². The van der Waals surface area contributed by atoms with Crippen LogP contribution in [0.5, 0.6) is 5.75 Å². The van der Waals surface area contributed by atoms with Crippen molar-refractivity contribution in [3.63, 3.8) is 0 Å². The first-order valence-electron chi connectivity index (χ1n) is 5.48. The molecule has 0 aliphatic heterocycles. The zero-order valence-electron chi connectivity index (χ0n) is 10.2. The number of nitrogens with two attached hydrogens (primary N) is 1. The first-order chi connectivity index (χ1) is 9.11. The average molecular weight is 281 g/mol. The predicted molar refractivity (Wildman–Crippen MR) is 71.5 cm³/mol. The number of nitrogens with zero attached hydrogens (tertiary/aromatic N) is 3. The SMILES string of the molecule is Cn1cc(COc2cccc(Cl)c2/C(N)=N/O)cn1. The van der Waals surface area contributed by atoms with E-state index in [9.17, 15) is 0 Å². The maximum atomic E-state index is 8.76. The molecule has 0 fully saturated rings. The minimum atomic E-state index is -0.0909. The summed E-state index contributed by atoms with van der Waals surface area (Å²) in [6.07, 6.45) is 3.54. The van der Waals surface area contributed by atoms with Crippen molar-refractivity contribution in [1.82, 2.24) is 9.78 Å². The van der Waals surface area contributed by atoms with Crippen LogP contribution in [0.2, 0.25) is 5.02 Å². The van der Waals surface area contributed by atoms with Crippen LogP contribution in [-0.2, 0) is 13.7 Å². The number of halogens is 1. The van der Waals surface area contributed by atoms with Crippen LogP contribution >= 0.6 is 11.6 Å². The van der Waals surface area contributed by atoms with Gasteiger partial charge in [-0.15, -0.1) is 0 Å². The van der Waals surface area contributed by atoms with Crippen LogP contribution in [0.15, 0.2) is 35.7 Å². The fourth-order valence-corrected chi connectivity index (χ4v) is 1.89. The zero-order valence-corrected chi connectivity index (χ0v) is 11.0. The summed E-state index contributed by atoms with van der Waals surface area (Å²) in [6, 6.07) is 5.08. The largest absolute Gasteiger partial charge is 0.488 e. The number of benzene rings is 1. The average Bonchev–Trinajstić information content (AvgIpc) is 2.81. The van der Waals surface area contributed by atoms with Crippen molar-refractivity contribution < 1.29 is 9.94 Å². The van der Waals surface area contributed by atoms with Gasteiger partial charge in [-0.3, -0.25) is 4.68 Å². The van der Waals surface area contributed by atoms with E-state index in [0.717, 1.165) is 5.56 Å². The van der Waals surface area contributed by atoms with Crippen LogP contribution in [0.1, 0.15) is 11.1 Å². The van der Waals surface area contributed by atoms with Crippen LogP contribution in [0.25, 0.3) is 0 Å². The molecule has 0 aliphatic rings. The van der Waals surface area contributed by atoms with E-state index >= 15 is 0 Å². The van der Waals surface area contributed by atoms with E-state index in [-0.39, 0.29) is 5.84 Å². The van der Waals surface area contributed by atoms with Crippen LogP contribution in [0.3, 0.4) is 0 Å². The first-order valence-corrected chi connectivity index (χ1v) is 5.86. The number of oxime groups is 1. The molecule has 0 atom stereocenters. The molecular formula is C12H13ClN4O2. The van der Waals surface area contributed by atoms with Gasteiger partial charge in [-0.2, -0.15) is 5.10 Å². The van der Waals surface area contributed by atoms with E-state index < -0.39 is 0 Å². The predicted octanol–water partition coefficient (Wildman–Crippen LogP) is 1.75. The minimum Gasteiger partial charge on any atom is -0.488 e. The number of ether oxygens (including phenoxy) is 1. The smallest absolute Gasteiger partial charge is 0.175 e. The Morgan fingerprint density at radius 3 is 3.00 bits per heavy atom. The summed E-state index contributed by atoms with van der Waals surface area (Å²) in [4.78, 5) is 0. The molecule has 0 bridgehead atoms. The highest BCUT2D eigenvalue weighted by atomic mass is 35.5. The molecular weight excluding hydrogens is 268 g/mol. The van der Waals surface area contributed by atoms with E-state index in [1.165, 1.54) is 0 Å². The summed E-state index contributed by atoms with van der Waals surface area (Å²) in [5, 5.41) is 16.1. The Kier molecular flexibility index (Phi) is 3.91. The van der Waals surface area contributed by atoms with Gasteiger partial charge in [0.15, 0.2) is 5.84 Å². The minimum absolute atomic E-state index is 0.0909. The van der Waals surface area contributed by atoms with Gasteiger partial charge in [0, 0.05) is 18.8 Å². The van der Waals surface area contributed by atoms with Crippen molar-refractivity contribution in [2.45, 2.75) is 6.61 Å². The Balaban J connectivity index is 2.23. The number of aromatic nitrogens is 2. The number of hydrogen-bond donors (Lipinski definition) is 2. The first kappa shape index (κ1) is 13.2. The van der Waals surface area contributed by atoms with Gasteiger partial charge < -0.3 is 15.7 Å². The van der Waals surface area contributed by atoms with Gasteiger partial charge in [0.25, 0.3) is 0 Å². The van der Waals surface area contributed by atoms with Gasteiger partial charge in [0.2, 0.25) is 0 Å². The Hall–Kier alpha value is -2.21. The lowest BCUT2D eigenvalue weighted by atomic mass is 10.2. The molecule has 7 heteroatoms. The Labute approximate surface area is 115 Å². The number of rotatable bonds is 4. The summed E-state index contributed by atoms with van der Waals surface area (Å²) < 4.78 is 7.31. The summed E-state index contributed by atoms with van der Waals surface area (Å²) >= 11 is 6.02. The topological polar surface area (TPSA) is 85.7 Å². The second-order valence-electron chi connectivity index (χ2n) is 3.91. The van der Waals surface area contributed by atoms with Gasteiger partial charge in [-0.25, -0.2) is 0 Å². The highest BCUT2D eigenvalue weighted by Gasteiger charge is 2.13. The normalized spacial score (nSPS) is 11.6. The Morgan fingerprint density at radius 1 is 1.58 bits per heavy atom. The van der Waals surface area contributed by atoms with Crippen LogP contribution in [0.4, 0.5) is 0 Å². The van der Waals surface area contributed by atoms with E-state index in [0.29, 0.717) is 22.9 Å². The molecule has 1 heterocycles. The Bertz CT molecular complexity index is 610. The molecule has 0 aliphatic carbocycles.